The van der Waals surface area contributed by atoms with Crippen molar-refractivity contribution in [1.82, 2.24) is 18.8 Å². The summed E-state index contributed by atoms with van der Waals surface area (Å²) in [5, 5.41) is 2.60. The average molecular weight is 495 g/mol. The SMILES string of the molecule is CN(C)S(=O)(=O)c1ccc(C(=O)NCCS(=O)(=O)N2CCN(Cc3ccccc3)CC2)cc1. The number of amides is 1. The largest absolute Gasteiger partial charge is 0.351 e. The fourth-order valence-corrected chi connectivity index (χ4v) is 5.76. The average Bonchev–Trinajstić information content (AvgIpc) is 2.80. The summed E-state index contributed by atoms with van der Waals surface area (Å²) in [6.07, 6.45) is 0. The van der Waals surface area contributed by atoms with Crippen molar-refractivity contribution in [3.63, 3.8) is 0 Å². The monoisotopic (exact) mass is 494 g/mol. The molecule has 2 aromatic carbocycles. The molecule has 1 aliphatic rings. The number of carbonyl (C=O) groups is 1. The Morgan fingerprint density at radius 1 is 0.909 bits per heavy atom. The van der Waals surface area contributed by atoms with Crippen molar-refractivity contribution < 1.29 is 21.6 Å². The number of piperazine rings is 1. The number of carbonyl (C=O) groups excluding carboxylic acids is 1. The van der Waals surface area contributed by atoms with Crippen LogP contribution in [0.5, 0.6) is 0 Å². The van der Waals surface area contributed by atoms with Gasteiger partial charge in [0.1, 0.15) is 0 Å². The molecule has 0 aliphatic carbocycles. The fourth-order valence-electron chi connectivity index (χ4n) is 3.52. The van der Waals surface area contributed by atoms with Gasteiger partial charge in [0.25, 0.3) is 5.91 Å². The Labute approximate surface area is 196 Å². The van der Waals surface area contributed by atoms with E-state index in [2.05, 4.69) is 22.3 Å². The first-order chi connectivity index (χ1) is 15.6. The quantitative estimate of drug-likeness (QED) is 0.553. The van der Waals surface area contributed by atoms with E-state index in [1.54, 1.807) is 0 Å². The van der Waals surface area contributed by atoms with E-state index in [4.69, 9.17) is 0 Å². The number of sulfonamides is 2. The molecule has 2 aromatic rings. The van der Waals surface area contributed by atoms with Gasteiger partial charge in [-0.15, -0.1) is 0 Å². The second kappa shape index (κ2) is 10.7. The van der Waals surface area contributed by atoms with Crippen LogP contribution in [0.4, 0.5) is 0 Å². The molecule has 0 aromatic heterocycles. The van der Waals surface area contributed by atoms with Crippen LogP contribution in [0.15, 0.2) is 59.5 Å². The first-order valence-electron chi connectivity index (χ1n) is 10.6. The summed E-state index contributed by atoms with van der Waals surface area (Å²) < 4.78 is 52.1. The number of hydrogen-bond acceptors (Lipinski definition) is 6. The third-order valence-electron chi connectivity index (χ3n) is 5.51. The van der Waals surface area contributed by atoms with Gasteiger partial charge in [-0.1, -0.05) is 30.3 Å². The van der Waals surface area contributed by atoms with E-state index in [1.165, 1.54) is 48.2 Å². The van der Waals surface area contributed by atoms with Crippen LogP contribution < -0.4 is 5.32 Å². The summed E-state index contributed by atoms with van der Waals surface area (Å²) in [7, 11) is -4.20. The number of nitrogens with one attached hydrogen (secondary N) is 1. The minimum Gasteiger partial charge on any atom is -0.351 e. The second-order valence-corrected chi connectivity index (χ2v) is 12.3. The topological polar surface area (TPSA) is 107 Å². The molecule has 33 heavy (non-hydrogen) atoms. The summed E-state index contributed by atoms with van der Waals surface area (Å²) in [4.78, 5) is 14.6. The van der Waals surface area contributed by atoms with Gasteiger partial charge in [0.2, 0.25) is 20.0 Å². The summed E-state index contributed by atoms with van der Waals surface area (Å²) in [5.74, 6) is -0.642. The molecule has 1 saturated heterocycles. The van der Waals surface area contributed by atoms with Gasteiger partial charge in [-0.25, -0.2) is 21.1 Å². The van der Waals surface area contributed by atoms with Crippen molar-refractivity contribution >= 4 is 26.0 Å². The summed E-state index contributed by atoms with van der Waals surface area (Å²) in [5.41, 5.74) is 1.46. The molecular formula is C22H30N4O5S2. The van der Waals surface area contributed by atoms with Crippen LogP contribution in [0.2, 0.25) is 0 Å². The highest BCUT2D eigenvalue weighted by Crippen LogP contribution is 2.14. The molecule has 9 nitrogen and oxygen atoms in total. The molecule has 11 heteroatoms. The summed E-state index contributed by atoms with van der Waals surface area (Å²) >= 11 is 0. The van der Waals surface area contributed by atoms with E-state index in [1.807, 2.05) is 18.2 Å². The molecule has 1 fully saturated rings. The Hall–Kier alpha value is -2.31. The van der Waals surface area contributed by atoms with Gasteiger partial charge in [0.05, 0.1) is 10.6 Å². The maximum Gasteiger partial charge on any atom is 0.251 e. The fraction of sp³-hybridized carbons (Fsp3) is 0.409. The summed E-state index contributed by atoms with van der Waals surface area (Å²) in [6, 6.07) is 15.6. The van der Waals surface area contributed by atoms with E-state index >= 15 is 0 Å². The maximum atomic E-state index is 12.7. The highest BCUT2D eigenvalue weighted by Gasteiger charge is 2.27. The Kier molecular flexibility index (Phi) is 8.24. The Morgan fingerprint density at radius 3 is 2.09 bits per heavy atom. The third kappa shape index (κ3) is 6.61. The first-order valence-corrected chi connectivity index (χ1v) is 13.7. The molecule has 1 heterocycles. The Balaban J connectivity index is 1.46. The molecule has 0 spiro atoms. The van der Waals surface area contributed by atoms with Crippen LogP contribution in [0.1, 0.15) is 15.9 Å². The lowest BCUT2D eigenvalue weighted by molar-refractivity contribution is 0.0956. The molecule has 1 aliphatic heterocycles. The Morgan fingerprint density at radius 2 is 1.52 bits per heavy atom. The van der Waals surface area contributed by atoms with E-state index in [0.717, 1.165) is 10.8 Å². The zero-order valence-electron chi connectivity index (χ0n) is 18.8. The lowest BCUT2D eigenvalue weighted by atomic mass is 10.2. The molecule has 0 atom stereocenters. The molecule has 0 saturated carbocycles. The number of hydrogen-bond donors (Lipinski definition) is 1. The smallest absolute Gasteiger partial charge is 0.251 e. The van der Waals surface area contributed by atoms with Crippen LogP contribution in [0.3, 0.4) is 0 Å². The third-order valence-corrected chi connectivity index (χ3v) is 9.22. The minimum absolute atomic E-state index is 0.0247. The first kappa shape index (κ1) is 25.3. The molecule has 0 radical (unpaired) electrons. The van der Waals surface area contributed by atoms with Crippen molar-refractivity contribution in [2.24, 2.45) is 0 Å². The molecule has 1 N–H and O–H groups in total. The van der Waals surface area contributed by atoms with Crippen molar-refractivity contribution in [3.8, 4) is 0 Å². The van der Waals surface area contributed by atoms with Crippen LogP contribution in [0, 0.1) is 0 Å². The number of rotatable bonds is 9. The molecule has 1 amide bonds. The van der Waals surface area contributed by atoms with Crippen molar-refractivity contribution in [2.45, 2.75) is 11.4 Å². The summed E-state index contributed by atoms with van der Waals surface area (Å²) in [6.45, 7) is 2.92. The lowest BCUT2D eigenvalue weighted by Gasteiger charge is -2.34. The van der Waals surface area contributed by atoms with Gasteiger partial charge in [0, 0.05) is 58.9 Å². The minimum atomic E-state index is -3.58. The maximum absolute atomic E-state index is 12.7. The molecular weight excluding hydrogens is 464 g/mol. The van der Waals surface area contributed by atoms with Crippen molar-refractivity contribution in [1.29, 1.82) is 0 Å². The molecule has 0 unspecified atom stereocenters. The van der Waals surface area contributed by atoms with E-state index < -0.39 is 26.0 Å². The highest BCUT2D eigenvalue weighted by atomic mass is 32.2. The van der Waals surface area contributed by atoms with Crippen molar-refractivity contribution in [3.05, 3.63) is 65.7 Å². The zero-order chi connectivity index (χ0) is 24.1. The van der Waals surface area contributed by atoms with E-state index in [-0.39, 0.29) is 22.8 Å². The van der Waals surface area contributed by atoms with Gasteiger partial charge in [-0.2, -0.15) is 4.31 Å². The normalized spacial score (nSPS) is 16.1. The van der Waals surface area contributed by atoms with Crippen LogP contribution in [0.25, 0.3) is 0 Å². The predicted octanol–water partition coefficient (Wildman–Crippen LogP) is 0.814. The molecule has 0 bridgehead atoms. The van der Waals surface area contributed by atoms with Crippen LogP contribution in [-0.4, -0.2) is 88.8 Å². The highest BCUT2D eigenvalue weighted by molar-refractivity contribution is 7.89. The number of benzene rings is 2. The van der Waals surface area contributed by atoms with Gasteiger partial charge in [0.15, 0.2) is 0 Å². The van der Waals surface area contributed by atoms with Crippen molar-refractivity contribution in [2.75, 3.05) is 52.6 Å². The van der Waals surface area contributed by atoms with Crippen LogP contribution >= 0.6 is 0 Å². The van der Waals surface area contributed by atoms with Gasteiger partial charge >= 0.3 is 0 Å². The van der Waals surface area contributed by atoms with Gasteiger partial charge < -0.3 is 5.32 Å². The standard InChI is InChI=1S/C22H30N4O5S2/c1-24(2)33(30,31)21-10-8-20(9-11-21)22(27)23-12-17-32(28,29)26-15-13-25(14-16-26)18-19-6-4-3-5-7-19/h3-11H,12-18H2,1-2H3,(H,23,27). The zero-order valence-corrected chi connectivity index (χ0v) is 20.5. The van der Waals surface area contributed by atoms with Gasteiger partial charge in [-0.05, 0) is 29.8 Å². The number of nitrogens with zero attached hydrogens (tertiary/aromatic N) is 3. The van der Waals surface area contributed by atoms with E-state index in [9.17, 15) is 21.6 Å². The van der Waals surface area contributed by atoms with E-state index in [0.29, 0.717) is 26.2 Å². The molecule has 180 valence electrons. The Bertz CT molecular complexity index is 1140. The second-order valence-electron chi connectivity index (χ2n) is 8.04. The van der Waals surface area contributed by atoms with Gasteiger partial charge in [-0.3, -0.25) is 9.69 Å². The van der Waals surface area contributed by atoms with Crippen LogP contribution in [-0.2, 0) is 26.6 Å². The lowest BCUT2D eigenvalue weighted by Crippen LogP contribution is -2.49. The predicted molar refractivity (Wildman–Crippen MR) is 127 cm³/mol. The molecule has 3 rings (SSSR count).